The van der Waals surface area contributed by atoms with E-state index in [9.17, 15) is 14.4 Å². The van der Waals surface area contributed by atoms with Crippen LogP contribution < -0.4 is 5.43 Å². The first-order valence-corrected chi connectivity index (χ1v) is 14.9. The van der Waals surface area contributed by atoms with Crippen molar-refractivity contribution in [3.63, 3.8) is 0 Å². The van der Waals surface area contributed by atoms with Gasteiger partial charge in [-0.05, 0) is 101 Å². The molecule has 230 valence electrons. The third-order valence-electron chi connectivity index (χ3n) is 7.22. The molecule has 2 amide bonds. The van der Waals surface area contributed by atoms with E-state index in [0.717, 1.165) is 12.0 Å². The number of terminal acetylenes is 1. The number of hydrogen-bond donors (Lipinski definition) is 1. The molecule has 0 saturated heterocycles. The fourth-order valence-electron chi connectivity index (χ4n) is 4.68. The first kappa shape index (κ1) is 35.4. The number of halogens is 1. The Balaban J connectivity index is 0.000000304. The Morgan fingerprint density at radius 1 is 1.05 bits per heavy atom. The van der Waals surface area contributed by atoms with E-state index in [1.165, 1.54) is 10.6 Å². The van der Waals surface area contributed by atoms with E-state index >= 15 is 0 Å². The highest BCUT2D eigenvalue weighted by molar-refractivity contribution is 6.30. The zero-order valence-corrected chi connectivity index (χ0v) is 27.6. The van der Waals surface area contributed by atoms with E-state index in [1.54, 1.807) is 48.5 Å². The van der Waals surface area contributed by atoms with Crippen LogP contribution in [0.2, 0.25) is 5.02 Å². The van der Waals surface area contributed by atoms with Crippen LogP contribution in [0.15, 0.2) is 77.9 Å². The molecule has 6 nitrogen and oxygen atoms in total. The van der Waals surface area contributed by atoms with Gasteiger partial charge in [0, 0.05) is 16.1 Å². The predicted octanol–water partition coefficient (Wildman–Crippen LogP) is 8.05. The smallest absolute Gasteiger partial charge is 0.311 e. The Morgan fingerprint density at radius 3 is 2.12 bits per heavy atom. The molecule has 1 aliphatic rings. The number of hydrogen-bond acceptors (Lipinski definition) is 4. The molecule has 3 atom stereocenters. The monoisotopic (exact) mass is 604 g/mol. The number of benzene rings is 2. The maximum absolute atomic E-state index is 12.7. The normalized spacial score (nSPS) is 17.7. The molecule has 0 aromatic heterocycles. The minimum atomic E-state index is -0.574. The fourth-order valence-corrected chi connectivity index (χ4v) is 4.80. The lowest BCUT2D eigenvalue weighted by atomic mass is 10.1. The molecule has 7 heteroatoms. The van der Waals surface area contributed by atoms with Gasteiger partial charge in [-0.15, -0.1) is 6.42 Å². The van der Waals surface area contributed by atoms with Gasteiger partial charge in [0.15, 0.2) is 6.10 Å². The lowest BCUT2D eigenvalue weighted by Crippen LogP contribution is -2.55. The summed E-state index contributed by atoms with van der Waals surface area (Å²) in [7, 11) is 0. The molecule has 1 aliphatic carbocycles. The highest BCUT2D eigenvalue weighted by atomic mass is 35.5. The second-order valence-corrected chi connectivity index (χ2v) is 13.0. The van der Waals surface area contributed by atoms with E-state index in [0.29, 0.717) is 16.1 Å². The number of allylic oxidation sites excluding steroid dienone is 3. The van der Waals surface area contributed by atoms with Gasteiger partial charge in [0.25, 0.3) is 11.8 Å². The number of carbonyl (C=O) groups excluding carboxylic acids is 3. The van der Waals surface area contributed by atoms with Crippen LogP contribution in [0, 0.1) is 29.6 Å². The summed E-state index contributed by atoms with van der Waals surface area (Å²) in [6, 6.07) is 15.4. The van der Waals surface area contributed by atoms with Crippen LogP contribution in [0.4, 0.5) is 0 Å². The Bertz CT molecular complexity index is 1380. The van der Waals surface area contributed by atoms with E-state index in [4.69, 9.17) is 22.8 Å². The van der Waals surface area contributed by atoms with Gasteiger partial charge in [0.05, 0.1) is 11.5 Å². The molecule has 2 aromatic rings. The van der Waals surface area contributed by atoms with Crippen molar-refractivity contribution in [3.05, 3.63) is 94.0 Å². The minimum Gasteiger partial charge on any atom is -0.444 e. The SMILES string of the molecule is C#CC(OC(=O)[C@@H]1C(C=C(C)C)C1(C)C)/C(C)=C/CC.CC(C)(C)N(NC(=O)c1ccc(Cl)cc1)C(=O)c1ccccc1. The van der Waals surface area contributed by atoms with Crippen molar-refractivity contribution in [2.75, 3.05) is 0 Å². The molecule has 0 radical (unpaired) electrons. The second kappa shape index (κ2) is 15.1. The largest absolute Gasteiger partial charge is 0.444 e. The summed E-state index contributed by atoms with van der Waals surface area (Å²) in [6.07, 6.45) is 9.99. The summed E-state index contributed by atoms with van der Waals surface area (Å²) >= 11 is 5.83. The minimum absolute atomic E-state index is 0.0319. The van der Waals surface area contributed by atoms with Crippen LogP contribution in [-0.4, -0.2) is 34.4 Å². The zero-order valence-electron chi connectivity index (χ0n) is 26.8. The van der Waals surface area contributed by atoms with Gasteiger partial charge < -0.3 is 4.74 Å². The number of amides is 2. The molecule has 2 aromatic carbocycles. The highest BCUT2D eigenvalue weighted by Gasteiger charge is 2.61. The molecule has 1 fully saturated rings. The molecule has 43 heavy (non-hydrogen) atoms. The lowest BCUT2D eigenvalue weighted by molar-refractivity contribution is -0.147. The molecule has 1 saturated carbocycles. The second-order valence-electron chi connectivity index (χ2n) is 12.5. The Kier molecular flexibility index (Phi) is 12.4. The number of esters is 1. The topological polar surface area (TPSA) is 75.7 Å². The summed E-state index contributed by atoms with van der Waals surface area (Å²) in [6.45, 7) is 17.8. The van der Waals surface area contributed by atoms with Gasteiger partial charge in [-0.2, -0.15) is 0 Å². The maximum Gasteiger partial charge on any atom is 0.311 e. The van der Waals surface area contributed by atoms with Gasteiger partial charge in [0.1, 0.15) is 0 Å². The average Bonchev–Trinajstić information content (AvgIpc) is 3.48. The van der Waals surface area contributed by atoms with Crippen molar-refractivity contribution in [2.45, 2.75) is 80.4 Å². The van der Waals surface area contributed by atoms with Gasteiger partial charge >= 0.3 is 5.97 Å². The van der Waals surface area contributed by atoms with E-state index < -0.39 is 11.6 Å². The number of hydrazine groups is 1. The molecular weight excluding hydrogens is 560 g/mol. The molecule has 3 rings (SSSR count). The average molecular weight is 605 g/mol. The highest BCUT2D eigenvalue weighted by Crippen LogP contribution is 2.60. The van der Waals surface area contributed by atoms with E-state index in [2.05, 4.69) is 45.1 Å². The number of rotatable bonds is 7. The van der Waals surface area contributed by atoms with Crippen molar-refractivity contribution < 1.29 is 19.1 Å². The van der Waals surface area contributed by atoms with Crippen molar-refractivity contribution in [3.8, 4) is 12.3 Å². The zero-order chi connectivity index (χ0) is 32.5. The van der Waals surface area contributed by atoms with Crippen LogP contribution in [0.3, 0.4) is 0 Å². The predicted molar refractivity (Wildman–Crippen MR) is 174 cm³/mol. The lowest BCUT2D eigenvalue weighted by Gasteiger charge is -2.35. The van der Waals surface area contributed by atoms with Crippen LogP contribution in [0.5, 0.6) is 0 Å². The summed E-state index contributed by atoms with van der Waals surface area (Å²) in [5.74, 6) is 1.93. The van der Waals surface area contributed by atoms with Crippen molar-refractivity contribution in [2.24, 2.45) is 17.3 Å². The van der Waals surface area contributed by atoms with Crippen LogP contribution in [0.1, 0.15) is 89.5 Å². The number of nitrogens with one attached hydrogen (secondary N) is 1. The molecule has 1 N–H and O–H groups in total. The van der Waals surface area contributed by atoms with Gasteiger partial charge in [0.2, 0.25) is 0 Å². The fraction of sp³-hybridized carbons (Fsp3) is 0.417. The van der Waals surface area contributed by atoms with Crippen LogP contribution in [0.25, 0.3) is 0 Å². The van der Waals surface area contributed by atoms with E-state index in [1.807, 2.05) is 46.8 Å². The van der Waals surface area contributed by atoms with E-state index in [-0.39, 0.29) is 35.0 Å². The van der Waals surface area contributed by atoms with Gasteiger partial charge in [-0.25, -0.2) is 5.01 Å². The Hall–Kier alpha value is -3.82. The molecule has 0 spiro atoms. The third-order valence-corrected chi connectivity index (χ3v) is 7.47. The quantitative estimate of drug-likeness (QED) is 0.150. The standard InChI is InChI=1S/C18H19ClN2O2.C18H26O2/c1-18(2,3)21(17(23)14-7-5-4-6-8-14)20-16(22)13-9-11-15(19)12-10-13;1-8-10-13(5)15(9-2)20-17(19)16-14(11-12(3)4)18(16,6)7/h4-12H,1-3H3,(H,20,22);2,10-11,14-16H,8H2,1,3-7H3/b;13-10+/t;14?,15?,16-/m.0/s1. The first-order chi connectivity index (χ1) is 20.0. The maximum atomic E-state index is 12.7. The molecular formula is C36H45ClN2O4. The van der Waals surface area contributed by atoms with Crippen LogP contribution in [-0.2, 0) is 9.53 Å². The Labute approximate surface area is 262 Å². The molecule has 0 heterocycles. The molecule has 0 aliphatic heterocycles. The summed E-state index contributed by atoms with van der Waals surface area (Å²) in [4.78, 5) is 37.4. The first-order valence-electron chi connectivity index (χ1n) is 14.5. The summed E-state index contributed by atoms with van der Waals surface area (Å²) in [5, 5.41) is 1.90. The van der Waals surface area contributed by atoms with Crippen LogP contribution >= 0.6 is 11.6 Å². The van der Waals surface area contributed by atoms with Gasteiger partial charge in [-0.1, -0.05) is 74.2 Å². The van der Waals surface area contributed by atoms with Crippen molar-refractivity contribution >= 4 is 29.4 Å². The summed E-state index contributed by atoms with van der Waals surface area (Å²) < 4.78 is 5.51. The summed E-state index contributed by atoms with van der Waals surface area (Å²) in [5.41, 5.74) is 5.20. The number of nitrogens with zero attached hydrogens (tertiary/aromatic N) is 1. The van der Waals surface area contributed by atoms with Crippen molar-refractivity contribution in [1.82, 2.24) is 10.4 Å². The van der Waals surface area contributed by atoms with Gasteiger partial charge in [-0.3, -0.25) is 19.8 Å². The number of carbonyl (C=O) groups is 3. The third kappa shape index (κ3) is 9.86. The number of ether oxygens (including phenoxy) is 1. The van der Waals surface area contributed by atoms with Crippen molar-refractivity contribution in [1.29, 1.82) is 0 Å². The molecule has 2 unspecified atom stereocenters. The Morgan fingerprint density at radius 2 is 1.63 bits per heavy atom. The molecule has 0 bridgehead atoms.